The second kappa shape index (κ2) is 11.4. The van der Waals surface area contributed by atoms with Crippen molar-refractivity contribution in [2.24, 2.45) is 4.99 Å². The highest BCUT2D eigenvalue weighted by Gasteiger charge is 2.02. The molecule has 2 aromatic rings. The first kappa shape index (κ1) is 20.8. The highest BCUT2D eigenvalue weighted by atomic mass is 127. The van der Waals surface area contributed by atoms with Crippen LogP contribution < -0.4 is 10.6 Å². The van der Waals surface area contributed by atoms with Gasteiger partial charge in [-0.3, -0.25) is 4.98 Å². The molecule has 1 heterocycles. The van der Waals surface area contributed by atoms with Crippen LogP contribution in [-0.2, 0) is 13.0 Å². The van der Waals surface area contributed by atoms with Crippen molar-refractivity contribution in [1.29, 1.82) is 0 Å². The number of pyridine rings is 1. The maximum absolute atomic E-state index is 13.2. The molecule has 0 radical (unpaired) electrons. The van der Waals surface area contributed by atoms with E-state index in [-0.39, 0.29) is 29.8 Å². The number of benzene rings is 1. The van der Waals surface area contributed by atoms with Gasteiger partial charge in [0.1, 0.15) is 5.82 Å². The third kappa shape index (κ3) is 7.12. The summed E-state index contributed by atoms with van der Waals surface area (Å²) < 4.78 is 13.7. The molecule has 0 spiro atoms. The van der Waals surface area contributed by atoms with Gasteiger partial charge in [0.2, 0.25) is 0 Å². The molecule has 130 valence electrons. The first-order valence-electron chi connectivity index (χ1n) is 7.55. The number of hydrogen-bond donors (Lipinski definition) is 2. The van der Waals surface area contributed by atoms with Crippen LogP contribution in [0.2, 0.25) is 0 Å². The highest BCUT2D eigenvalue weighted by molar-refractivity contribution is 14.0. The van der Waals surface area contributed by atoms with E-state index in [0.717, 1.165) is 30.2 Å². The lowest BCUT2D eigenvalue weighted by atomic mass is 10.1. The van der Waals surface area contributed by atoms with Gasteiger partial charge in [-0.1, -0.05) is 12.1 Å². The normalized spacial score (nSPS) is 10.9. The molecule has 2 rings (SSSR count). The van der Waals surface area contributed by atoms with Gasteiger partial charge < -0.3 is 10.6 Å². The molecule has 0 unspecified atom stereocenters. The Hall–Kier alpha value is -1.22. The summed E-state index contributed by atoms with van der Waals surface area (Å²) in [5.74, 6) is 0.506. The number of nitrogens with one attached hydrogen (secondary N) is 2. The molecule has 1 aromatic carbocycles. The Morgan fingerprint density at radius 1 is 1.25 bits per heavy atom. The van der Waals surface area contributed by atoms with Gasteiger partial charge in [-0.25, -0.2) is 9.38 Å². The minimum atomic E-state index is -0.244. The fourth-order valence-electron chi connectivity index (χ4n) is 2.01. The predicted molar refractivity (Wildman–Crippen MR) is 110 cm³/mol. The SMILES string of the molecule is CCNC(=NCc1ccccn1)NCCc1ccc(F)c(Br)c1.I. The Labute approximate surface area is 167 Å². The van der Waals surface area contributed by atoms with E-state index in [1.54, 1.807) is 18.3 Å². The van der Waals surface area contributed by atoms with E-state index in [4.69, 9.17) is 0 Å². The van der Waals surface area contributed by atoms with Gasteiger partial charge >= 0.3 is 0 Å². The molecule has 7 heteroatoms. The number of rotatable bonds is 6. The number of aliphatic imine (C=N–C) groups is 1. The fourth-order valence-corrected chi connectivity index (χ4v) is 2.44. The van der Waals surface area contributed by atoms with E-state index in [1.807, 2.05) is 25.1 Å². The Balaban J connectivity index is 0.00000288. The van der Waals surface area contributed by atoms with Gasteiger partial charge in [-0.2, -0.15) is 0 Å². The standard InChI is InChI=1S/C17H20BrFN4.HI/c1-2-20-17(23-12-14-5-3-4-9-21-14)22-10-8-13-6-7-16(19)15(18)11-13;/h3-7,9,11H,2,8,10,12H2,1H3,(H2,20,22,23);1H. The summed E-state index contributed by atoms with van der Waals surface area (Å²) in [5.41, 5.74) is 1.98. The Bertz CT molecular complexity index is 652. The van der Waals surface area contributed by atoms with E-state index in [0.29, 0.717) is 17.6 Å². The average molecular weight is 507 g/mol. The largest absolute Gasteiger partial charge is 0.357 e. The van der Waals surface area contributed by atoms with Crippen molar-refractivity contribution in [1.82, 2.24) is 15.6 Å². The first-order chi connectivity index (χ1) is 11.2. The summed E-state index contributed by atoms with van der Waals surface area (Å²) in [5, 5.41) is 6.48. The Morgan fingerprint density at radius 2 is 2.08 bits per heavy atom. The van der Waals surface area contributed by atoms with Crippen LogP contribution in [0.4, 0.5) is 4.39 Å². The molecule has 1 aromatic heterocycles. The summed E-state index contributed by atoms with van der Waals surface area (Å²) in [4.78, 5) is 8.76. The van der Waals surface area contributed by atoms with E-state index < -0.39 is 0 Å². The molecule has 0 amide bonds. The lowest BCUT2D eigenvalue weighted by Gasteiger charge is -2.11. The van der Waals surface area contributed by atoms with E-state index in [2.05, 4.69) is 36.5 Å². The molecule has 0 fully saturated rings. The number of aromatic nitrogens is 1. The summed E-state index contributed by atoms with van der Waals surface area (Å²) >= 11 is 3.20. The minimum absolute atomic E-state index is 0. The van der Waals surface area contributed by atoms with Crippen molar-refractivity contribution >= 4 is 45.9 Å². The lowest BCUT2D eigenvalue weighted by Crippen LogP contribution is -2.38. The summed E-state index contributed by atoms with van der Waals surface area (Å²) in [7, 11) is 0. The van der Waals surface area contributed by atoms with Crippen LogP contribution in [0.5, 0.6) is 0 Å². The van der Waals surface area contributed by atoms with Crippen LogP contribution in [0.25, 0.3) is 0 Å². The van der Waals surface area contributed by atoms with Crippen LogP contribution in [0.3, 0.4) is 0 Å². The third-order valence-corrected chi connectivity index (χ3v) is 3.77. The molecule has 2 N–H and O–H groups in total. The zero-order valence-electron chi connectivity index (χ0n) is 13.4. The molecule has 0 aliphatic carbocycles. The van der Waals surface area contributed by atoms with Crippen molar-refractivity contribution in [3.8, 4) is 0 Å². The monoisotopic (exact) mass is 506 g/mol. The molecule has 0 atom stereocenters. The first-order valence-corrected chi connectivity index (χ1v) is 8.34. The maximum Gasteiger partial charge on any atom is 0.191 e. The van der Waals surface area contributed by atoms with Crippen molar-refractivity contribution in [2.45, 2.75) is 19.9 Å². The Kier molecular flexibility index (Phi) is 9.85. The van der Waals surface area contributed by atoms with Crippen LogP contribution in [0.1, 0.15) is 18.2 Å². The number of nitrogens with zero attached hydrogens (tertiary/aromatic N) is 2. The molecule has 0 saturated heterocycles. The Morgan fingerprint density at radius 3 is 2.75 bits per heavy atom. The molecule has 0 aliphatic heterocycles. The van der Waals surface area contributed by atoms with Gasteiger partial charge in [-0.15, -0.1) is 24.0 Å². The second-order valence-electron chi connectivity index (χ2n) is 4.94. The molecular weight excluding hydrogens is 486 g/mol. The van der Waals surface area contributed by atoms with Gasteiger partial charge in [-0.05, 0) is 59.1 Å². The molecule has 0 bridgehead atoms. The van der Waals surface area contributed by atoms with Crippen LogP contribution in [0.15, 0.2) is 52.1 Å². The summed E-state index contributed by atoms with van der Waals surface area (Å²) in [6.45, 7) is 4.05. The maximum atomic E-state index is 13.2. The van der Waals surface area contributed by atoms with E-state index >= 15 is 0 Å². The summed E-state index contributed by atoms with van der Waals surface area (Å²) in [6, 6.07) is 10.8. The van der Waals surface area contributed by atoms with Crippen molar-refractivity contribution in [3.63, 3.8) is 0 Å². The number of halogens is 3. The molecule has 4 nitrogen and oxygen atoms in total. The van der Waals surface area contributed by atoms with Gasteiger partial charge in [0, 0.05) is 19.3 Å². The number of hydrogen-bond acceptors (Lipinski definition) is 2. The zero-order valence-corrected chi connectivity index (χ0v) is 17.3. The number of guanidine groups is 1. The average Bonchev–Trinajstić information content (AvgIpc) is 2.57. The quantitative estimate of drug-likeness (QED) is 0.355. The topological polar surface area (TPSA) is 49.3 Å². The van der Waals surface area contributed by atoms with Gasteiger partial charge in [0.25, 0.3) is 0 Å². The smallest absolute Gasteiger partial charge is 0.191 e. The van der Waals surface area contributed by atoms with Gasteiger partial charge in [0.05, 0.1) is 16.7 Å². The molecular formula is C17H21BrFIN4. The lowest BCUT2D eigenvalue weighted by molar-refractivity contribution is 0.620. The summed E-state index contributed by atoms with van der Waals surface area (Å²) in [6.07, 6.45) is 2.55. The third-order valence-electron chi connectivity index (χ3n) is 3.16. The predicted octanol–water partition coefficient (Wildman–Crippen LogP) is 3.90. The zero-order chi connectivity index (χ0) is 16.5. The van der Waals surface area contributed by atoms with Crippen molar-refractivity contribution in [3.05, 3.63) is 64.1 Å². The fraction of sp³-hybridized carbons (Fsp3) is 0.294. The van der Waals surface area contributed by atoms with Crippen molar-refractivity contribution < 1.29 is 4.39 Å². The second-order valence-corrected chi connectivity index (χ2v) is 5.80. The molecule has 24 heavy (non-hydrogen) atoms. The van der Waals surface area contributed by atoms with Gasteiger partial charge in [0.15, 0.2) is 5.96 Å². The van der Waals surface area contributed by atoms with Crippen LogP contribution in [0, 0.1) is 5.82 Å². The van der Waals surface area contributed by atoms with Crippen LogP contribution >= 0.6 is 39.9 Å². The minimum Gasteiger partial charge on any atom is -0.357 e. The molecule has 0 aliphatic rings. The van der Waals surface area contributed by atoms with E-state index in [9.17, 15) is 4.39 Å². The molecule has 0 saturated carbocycles. The van der Waals surface area contributed by atoms with E-state index in [1.165, 1.54) is 6.07 Å². The highest BCUT2D eigenvalue weighted by Crippen LogP contribution is 2.16. The van der Waals surface area contributed by atoms with Crippen LogP contribution in [-0.4, -0.2) is 24.0 Å². The van der Waals surface area contributed by atoms with Crippen molar-refractivity contribution in [2.75, 3.05) is 13.1 Å².